The number of nitrogens with one attached hydrogen (secondary N) is 1. The zero-order valence-electron chi connectivity index (χ0n) is 14.4. The molecular formula is C17H14BrFN2O7. The van der Waals surface area contributed by atoms with Crippen LogP contribution >= 0.6 is 15.9 Å². The third kappa shape index (κ3) is 5.91. The Morgan fingerprint density at radius 1 is 1.18 bits per heavy atom. The second-order valence-corrected chi connectivity index (χ2v) is 6.07. The van der Waals surface area contributed by atoms with Gasteiger partial charge < -0.3 is 19.5 Å². The van der Waals surface area contributed by atoms with Gasteiger partial charge in [0.1, 0.15) is 17.3 Å². The summed E-state index contributed by atoms with van der Waals surface area (Å²) in [4.78, 5) is 33.7. The van der Waals surface area contributed by atoms with Crippen molar-refractivity contribution in [3.63, 3.8) is 0 Å². The average molecular weight is 457 g/mol. The number of carbonyl (C=O) groups excluding carboxylic acids is 2. The Bertz CT molecular complexity index is 907. The maximum atomic E-state index is 13.0. The lowest BCUT2D eigenvalue weighted by atomic mass is 10.2. The Labute approximate surface area is 166 Å². The number of nitro benzene ring substituents is 1. The zero-order chi connectivity index (χ0) is 20.7. The standard InChI is InChI=1S/C17H14BrFN2O7/c1-26-15-7-11(21(24)25)3-4-13(15)20-16(22)8-28-17(23)9-27-14-5-2-10(19)6-12(14)18/h2-7H,8-9H2,1H3,(H,20,22). The van der Waals surface area contributed by atoms with Crippen LogP contribution in [0.15, 0.2) is 40.9 Å². The minimum absolute atomic E-state index is 0.0818. The number of esters is 1. The lowest BCUT2D eigenvalue weighted by molar-refractivity contribution is -0.384. The van der Waals surface area contributed by atoms with Gasteiger partial charge in [-0.1, -0.05) is 0 Å². The Kier molecular flexibility index (Phi) is 7.27. The highest BCUT2D eigenvalue weighted by Crippen LogP contribution is 2.29. The molecular weight excluding hydrogens is 443 g/mol. The molecule has 0 saturated heterocycles. The van der Waals surface area contributed by atoms with Gasteiger partial charge in [-0.15, -0.1) is 0 Å². The van der Waals surface area contributed by atoms with Crippen molar-refractivity contribution in [2.45, 2.75) is 0 Å². The van der Waals surface area contributed by atoms with Crippen LogP contribution in [0.3, 0.4) is 0 Å². The van der Waals surface area contributed by atoms with Gasteiger partial charge in [0.05, 0.1) is 28.3 Å². The van der Waals surface area contributed by atoms with Gasteiger partial charge in [-0.25, -0.2) is 9.18 Å². The smallest absolute Gasteiger partial charge is 0.344 e. The fourth-order valence-corrected chi connectivity index (χ4v) is 2.46. The number of benzene rings is 2. The molecule has 0 radical (unpaired) electrons. The van der Waals surface area contributed by atoms with E-state index in [1.807, 2.05) is 0 Å². The Morgan fingerprint density at radius 3 is 2.57 bits per heavy atom. The predicted octanol–water partition coefficient (Wildman–Crippen LogP) is 3.07. The molecule has 0 unspecified atom stereocenters. The molecule has 0 aliphatic rings. The summed E-state index contributed by atoms with van der Waals surface area (Å²) in [5.41, 5.74) is -0.0222. The molecule has 148 valence electrons. The van der Waals surface area contributed by atoms with Gasteiger partial charge in [0, 0.05) is 6.07 Å². The van der Waals surface area contributed by atoms with Crippen molar-refractivity contribution >= 4 is 39.2 Å². The molecule has 0 fully saturated rings. The normalized spacial score (nSPS) is 10.1. The summed E-state index contributed by atoms with van der Waals surface area (Å²) in [5, 5.41) is 13.2. The van der Waals surface area contributed by atoms with Crippen LogP contribution in [0, 0.1) is 15.9 Å². The summed E-state index contributed by atoms with van der Waals surface area (Å²) in [7, 11) is 1.29. The van der Waals surface area contributed by atoms with Gasteiger partial charge >= 0.3 is 5.97 Å². The van der Waals surface area contributed by atoms with Crippen molar-refractivity contribution < 1.29 is 33.1 Å². The highest BCUT2D eigenvalue weighted by Gasteiger charge is 2.15. The van der Waals surface area contributed by atoms with Gasteiger partial charge in [-0.05, 0) is 40.2 Å². The number of hydrogen-bond acceptors (Lipinski definition) is 7. The first-order valence-corrected chi connectivity index (χ1v) is 8.45. The number of carbonyl (C=O) groups is 2. The molecule has 2 aromatic carbocycles. The summed E-state index contributed by atoms with van der Waals surface area (Å²) in [6.45, 7) is -1.09. The van der Waals surface area contributed by atoms with E-state index in [2.05, 4.69) is 21.2 Å². The van der Waals surface area contributed by atoms with Crippen molar-refractivity contribution in [2.75, 3.05) is 25.6 Å². The fourth-order valence-electron chi connectivity index (χ4n) is 2.00. The van der Waals surface area contributed by atoms with Crippen LogP contribution < -0.4 is 14.8 Å². The van der Waals surface area contributed by atoms with E-state index in [-0.39, 0.29) is 22.9 Å². The summed E-state index contributed by atoms with van der Waals surface area (Å²) < 4.78 is 28.3. The van der Waals surface area contributed by atoms with Crippen LogP contribution in [0.4, 0.5) is 15.8 Å². The molecule has 0 aliphatic carbocycles. The summed E-state index contributed by atoms with van der Waals surface area (Å²) in [5.74, 6) is -1.65. The molecule has 0 aromatic heterocycles. The molecule has 1 N–H and O–H groups in total. The van der Waals surface area contributed by atoms with Gasteiger partial charge in [-0.2, -0.15) is 0 Å². The molecule has 2 aromatic rings. The molecule has 28 heavy (non-hydrogen) atoms. The number of anilines is 1. The van der Waals surface area contributed by atoms with Crippen molar-refractivity contribution in [1.82, 2.24) is 0 Å². The maximum absolute atomic E-state index is 13.0. The van der Waals surface area contributed by atoms with E-state index in [4.69, 9.17) is 14.2 Å². The highest BCUT2D eigenvalue weighted by atomic mass is 79.9. The van der Waals surface area contributed by atoms with E-state index >= 15 is 0 Å². The number of methoxy groups -OCH3 is 1. The molecule has 1 amide bonds. The summed E-state index contributed by atoms with van der Waals surface area (Å²) >= 11 is 3.09. The monoisotopic (exact) mass is 456 g/mol. The fraction of sp³-hybridized carbons (Fsp3) is 0.176. The lowest BCUT2D eigenvalue weighted by Crippen LogP contribution is -2.24. The van der Waals surface area contributed by atoms with Crippen molar-refractivity contribution in [3.05, 3.63) is 56.8 Å². The van der Waals surface area contributed by atoms with E-state index in [1.54, 1.807) is 0 Å². The molecule has 0 atom stereocenters. The van der Waals surface area contributed by atoms with Gasteiger partial charge in [0.15, 0.2) is 13.2 Å². The van der Waals surface area contributed by atoms with Crippen LogP contribution in [0.1, 0.15) is 0 Å². The zero-order valence-corrected chi connectivity index (χ0v) is 16.0. The van der Waals surface area contributed by atoms with Crippen LogP contribution in [-0.4, -0.2) is 37.1 Å². The Balaban J connectivity index is 1.85. The Morgan fingerprint density at radius 2 is 1.93 bits per heavy atom. The second-order valence-electron chi connectivity index (χ2n) is 5.21. The summed E-state index contributed by atoms with van der Waals surface area (Å²) in [6.07, 6.45) is 0. The average Bonchev–Trinajstić information content (AvgIpc) is 2.65. The van der Waals surface area contributed by atoms with Gasteiger partial charge in [-0.3, -0.25) is 14.9 Å². The number of hydrogen-bond donors (Lipinski definition) is 1. The number of nitro groups is 1. The molecule has 0 heterocycles. The molecule has 2 rings (SSSR count). The first-order chi connectivity index (χ1) is 13.3. The number of halogens is 2. The molecule has 0 spiro atoms. The lowest BCUT2D eigenvalue weighted by Gasteiger charge is -2.11. The van der Waals surface area contributed by atoms with Crippen LogP contribution in [0.5, 0.6) is 11.5 Å². The largest absolute Gasteiger partial charge is 0.494 e. The minimum atomic E-state index is -0.818. The van der Waals surface area contributed by atoms with Crippen molar-refractivity contribution in [3.8, 4) is 11.5 Å². The molecule has 0 bridgehead atoms. The summed E-state index contributed by atoms with van der Waals surface area (Å²) in [6, 6.07) is 7.31. The third-order valence-corrected chi connectivity index (χ3v) is 3.89. The van der Waals surface area contributed by atoms with E-state index in [0.29, 0.717) is 4.47 Å². The third-order valence-electron chi connectivity index (χ3n) is 3.27. The first kappa shape index (κ1) is 21.1. The van der Waals surface area contributed by atoms with E-state index < -0.39 is 35.8 Å². The number of rotatable bonds is 8. The van der Waals surface area contributed by atoms with Gasteiger partial charge in [0.25, 0.3) is 11.6 Å². The quantitative estimate of drug-likeness (QED) is 0.368. The highest BCUT2D eigenvalue weighted by molar-refractivity contribution is 9.10. The number of non-ortho nitro benzene ring substituents is 1. The van der Waals surface area contributed by atoms with Crippen LogP contribution in [-0.2, 0) is 14.3 Å². The predicted molar refractivity (Wildman–Crippen MR) is 98.8 cm³/mol. The number of nitrogens with zero attached hydrogens (tertiary/aromatic N) is 1. The van der Waals surface area contributed by atoms with Crippen molar-refractivity contribution in [2.24, 2.45) is 0 Å². The maximum Gasteiger partial charge on any atom is 0.344 e. The minimum Gasteiger partial charge on any atom is -0.494 e. The SMILES string of the molecule is COc1cc([N+](=O)[O-])ccc1NC(=O)COC(=O)COc1ccc(F)cc1Br. The first-order valence-electron chi connectivity index (χ1n) is 7.66. The molecule has 0 aliphatic heterocycles. The van der Waals surface area contributed by atoms with Crippen LogP contribution in [0.25, 0.3) is 0 Å². The molecule has 0 saturated carbocycles. The van der Waals surface area contributed by atoms with E-state index in [1.165, 1.54) is 31.4 Å². The van der Waals surface area contributed by atoms with E-state index in [0.717, 1.165) is 12.1 Å². The topological polar surface area (TPSA) is 117 Å². The number of amides is 1. The van der Waals surface area contributed by atoms with E-state index in [9.17, 15) is 24.1 Å². The van der Waals surface area contributed by atoms with Crippen LogP contribution in [0.2, 0.25) is 0 Å². The molecule has 9 nitrogen and oxygen atoms in total. The van der Waals surface area contributed by atoms with Crippen molar-refractivity contribution in [1.29, 1.82) is 0 Å². The number of ether oxygens (including phenoxy) is 3. The molecule has 11 heteroatoms. The Hall–Kier alpha value is -3.21. The second kappa shape index (κ2) is 9.65. The van der Waals surface area contributed by atoms with Gasteiger partial charge in [0.2, 0.25) is 0 Å².